The molecule has 0 bridgehead atoms. The summed E-state index contributed by atoms with van der Waals surface area (Å²) in [6, 6.07) is 13.3. The lowest BCUT2D eigenvalue weighted by Crippen LogP contribution is -2.50. The number of esters is 1. The minimum atomic E-state index is -3.76. The highest BCUT2D eigenvalue weighted by atomic mass is 32.2. The third-order valence-electron chi connectivity index (χ3n) is 7.20. The number of carbonyl (C=O) groups is 1. The van der Waals surface area contributed by atoms with Crippen molar-refractivity contribution in [2.75, 3.05) is 42.4 Å². The molecule has 0 aliphatic carbocycles. The number of hydrogen-bond acceptors (Lipinski definition) is 8. The predicted octanol–water partition coefficient (Wildman–Crippen LogP) is 4.47. The first kappa shape index (κ1) is 29.5. The van der Waals surface area contributed by atoms with Gasteiger partial charge in [-0.15, -0.1) is 0 Å². The van der Waals surface area contributed by atoms with Crippen LogP contribution in [0.5, 0.6) is 0 Å². The van der Waals surface area contributed by atoms with Gasteiger partial charge in [0.25, 0.3) is 0 Å². The van der Waals surface area contributed by atoms with Crippen LogP contribution in [0.1, 0.15) is 50.5 Å². The van der Waals surface area contributed by atoms with Gasteiger partial charge in [-0.2, -0.15) is 17.8 Å². The van der Waals surface area contributed by atoms with Crippen molar-refractivity contribution in [2.45, 2.75) is 46.6 Å². The Balaban J connectivity index is 1.53. The molecule has 5 rings (SSSR count). The Morgan fingerprint density at radius 3 is 2.36 bits per heavy atom. The lowest BCUT2D eigenvalue weighted by Gasteiger charge is -2.35. The van der Waals surface area contributed by atoms with E-state index in [2.05, 4.69) is 28.8 Å². The molecular weight excluding hydrogens is 554 g/mol. The normalized spacial score (nSPS) is 14.7. The zero-order valence-electron chi connectivity index (χ0n) is 24.7. The van der Waals surface area contributed by atoms with Crippen LogP contribution in [0, 0.1) is 0 Å². The number of carbonyl (C=O) groups excluding carboxylic acids is 1. The van der Waals surface area contributed by atoms with Crippen molar-refractivity contribution >= 4 is 38.7 Å². The van der Waals surface area contributed by atoms with Crippen LogP contribution in [0.3, 0.4) is 0 Å². The van der Waals surface area contributed by atoms with Gasteiger partial charge in [-0.1, -0.05) is 31.2 Å². The number of fused-ring (bicyclic) bond motifs is 1. The number of nitrogens with one attached hydrogen (secondary N) is 1. The second-order valence-electron chi connectivity index (χ2n) is 11.2. The summed E-state index contributed by atoms with van der Waals surface area (Å²) in [5, 5.41) is 5.62. The molecule has 4 heterocycles. The van der Waals surface area contributed by atoms with E-state index in [1.165, 1.54) is 16.1 Å². The summed E-state index contributed by atoms with van der Waals surface area (Å²) >= 11 is 0. The molecule has 0 unspecified atom stereocenters. The highest BCUT2D eigenvalue weighted by molar-refractivity contribution is 7.90. The summed E-state index contributed by atoms with van der Waals surface area (Å²) in [6.07, 6.45) is 3.97. The van der Waals surface area contributed by atoms with Crippen molar-refractivity contribution in [3.05, 3.63) is 66.0 Å². The standard InChI is InChI=1S/C30H37N7O4S/c1-6-21-10-12-22(13-11-21)27-26-24(29(38)41-7-2)19-25(32-28(26)37(33-27)30(3,4)5)35-15-17-36(18-16-35)42(39,40)34-23-9-8-14-31-20-23/h8-14,19-20,34H,6-7,15-18H2,1-5H3. The molecule has 1 aromatic carbocycles. The number of anilines is 2. The molecule has 3 aromatic heterocycles. The second kappa shape index (κ2) is 11.7. The molecule has 1 aliphatic heterocycles. The van der Waals surface area contributed by atoms with Gasteiger partial charge >= 0.3 is 16.2 Å². The van der Waals surface area contributed by atoms with E-state index in [1.54, 1.807) is 31.3 Å². The summed E-state index contributed by atoms with van der Waals surface area (Å²) in [5.41, 5.74) is 3.70. The number of pyridine rings is 2. The molecule has 222 valence electrons. The Hall–Kier alpha value is -4.03. The molecule has 42 heavy (non-hydrogen) atoms. The fraction of sp³-hybridized carbons (Fsp3) is 0.400. The average molecular weight is 592 g/mol. The van der Waals surface area contributed by atoms with E-state index in [-0.39, 0.29) is 19.7 Å². The van der Waals surface area contributed by atoms with Crippen LogP contribution < -0.4 is 9.62 Å². The van der Waals surface area contributed by atoms with Crippen LogP contribution in [-0.2, 0) is 26.9 Å². The van der Waals surface area contributed by atoms with E-state index < -0.39 is 21.7 Å². The summed E-state index contributed by atoms with van der Waals surface area (Å²) in [4.78, 5) is 24.4. The fourth-order valence-corrected chi connectivity index (χ4v) is 6.19. The number of aromatic nitrogens is 4. The maximum absolute atomic E-state index is 13.4. The first-order valence-corrected chi connectivity index (χ1v) is 15.6. The minimum absolute atomic E-state index is 0.229. The largest absolute Gasteiger partial charge is 0.462 e. The molecule has 1 N–H and O–H groups in total. The fourth-order valence-electron chi connectivity index (χ4n) is 5.00. The van der Waals surface area contributed by atoms with Crippen molar-refractivity contribution in [1.82, 2.24) is 24.1 Å². The summed E-state index contributed by atoms with van der Waals surface area (Å²) in [7, 11) is -3.76. The minimum Gasteiger partial charge on any atom is -0.462 e. The number of benzene rings is 1. The quantitative estimate of drug-likeness (QED) is 0.298. The monoisotopic (exact) mass is 591 g/mol. The topological polar surface area (TPSA) is 123 Å². The first-order chi connectivity index (χ1) is 20.0. The zero-order chi connectivity index (χ0) is 30.1. The van der Waals surface area contributed by atoms with Gasteiger partial charge in [-0.3, -0.25) is 9.71 Å². The summed E-state index contributed by atoms with van der Waals surface area (Å²) in [5.74, 6) is 0.119. The van der Waals surface area contributed by atoms with E-state index in [0.717, 1.165) is 12.0 Å². The first-order valence-electron chi connectivity index (χ1n) is 14.2. The molecule has 1 saturated heterocycles. The number of nitrogens with zero attached hydrogens (tertiary/aromatic N) is 6. The number of hydrogen-bond donors (Lipinski definition) is 1. The number of piperazine rings is 1. The zero-order valence-corrected chi connectivity index (χ0v) is 25.5. The summed E-state index contributed by atoms with van der Waals surface area (Å²) < 4.78 is 37.3. The van der Waals surface area contributed by atoms with Gasteiger partial charge in [0.15, 0.2) is 5.65 Å². The van der Waals surface area contributed by atoms with Crippen LogP contribution in [0.2, 0.25) is 0 Å². The van der Waals surface area contributed by atoms with Gasteiger partial charge in [-0.05, 0) is 57.9 Å². The summed E-state index contributed by atoms with van der Waals surface area (Å²) in [6.45, 7) is 11.5. The molecule has 11 nitrogen and oxygen atoms in total. The van der Waals surface area contributed by atoms with Gasteiger partial charge in [0, 0.05) is 37.9 Å². The van der Waals surface area contributed by atoms with Gasteiger partial charge in [0.05, 0.1) is 35.0 Å². The Labute approximate surface area is 246 Å². The third kappa shape index (κ3) is 5.95. The van der Waals surface area contributed by atoms with Crippen LogP contribution in [-0.4, -0.2) is 71.2 Å². The lowest BCUT2D eigenvalue weighted by atomic mass is 10.0. The molecule has 0 radical (unpaired) electrons. The Kier molecular flexibility index (Phi) is 8.20. The van der Waals surface area contributed by atoms with Crippen molar-refractivity contribution in [3.8, 4) is 11.3 Å². The average Bonchev–Trinajstić information content (AvgIpc) is 3.38. The van der Waals surface area contributed by atoms with Crippen LogP contribution >= 0.6 is 0 Å². The molecule has 0 atom stereocenters. The number of aryl methyl sites for hydroxylation is 1. The predicted molar refractivity (Wildman–Crippen MR) is 164 cm³/mol. The molecule has 4 aromatic rings. The van der Waals surface area contributed by atoms with E-state index in [0.29, 0.717) is 46.9 Å². The van der Waals surface area contributed by atoms with Crippen molar-refractivity contribution in [2.24, 2.45) is 0 Å². The van der Waals surface area contributed by atoms with Crippen LogP contribution in [0.4, 0.5) is 11.5 Å². The van der Waals surface area contributed by atoms with Gasteiger partial charge in [0.2, 0.25) is 0 Å². The van der Waals surface area contributed by atoms with Crippen molar-refractivity contribution < 1.29 is 17.9 Å². The van der Waals surface area contributed by atoms with Crippen molar-refractivity contribution in [1.29, 1.82) is 0 Å². The highest BCUT2D eigenvalue weighted by Gasteiger charge is 2.31. The SMILES string of the molecule is CCOC(=O)c1cc(N2CCN(S(=O)(=O)Nc3cccnc3)CC2)nc2c1c(-c1ccc(CC)cc1)nn2C(C)(C)C. The molecule has 1 fully saturated rings. The number of ether oxygens (including phenoxy) is 1. The number of rotatable bonds is 8. The Bertz CT molecular complexity index is 1670. The van der Waals surface area contributed by atoms with E-state index in [9.17, 15) is 13.2 Å². The van der Waals surface area contributed by atoms with Gasteiger partial charge in [0.1, 0.15) is 11.5 Å². The highest BCUT2D eigenvalue weighted by Crippen LogP contribution is 2.35. The lowest BCUT2D eigenvalue weighted by molar-refractivity contribution is 0.0528. The molecule has 0 amide bonds. The third-order valence-corrected chi connectivity index (χ3v) is 8.74. The smallest absolute Gasteiger partial charge is 0.339 e. The van der Waals surface area contributed by atoms with Crippen LogP contribution in [0.15, 0.2) is 54.9 Å². The van der Waals surface area contributed by atoms with E-state index in [4.69, 9.17) is 14.8 Å². The maximum Gasteiger partial charge on any atom is 0.339 e. The molecule has 0 spiro atoms. The van der Waals surface area contributed by atoms with E-state index >= 15 is 0 Å². The maximum atomic E-state index is 13.4. The molecular formula is C30H37N7O4S. The molecule has 1 aliphatic rings. The van der Waals surface area contributed by atoms with Gasteiger partial charge < -0.3 is 9.64 Å². The molecule has 0 saturated carbocycles. The molecule has 12 heteroatoms. The van der Waals surface area contributed by atoms with Gasteiger partial charge in [-0.25, -0.2) is 14.5 Å². The Morgan fingerprint density at radius 1 is 1.05 bits per heavy atom. The van der Waals surface area contributed by atoms with E-state index in [1.807, 2.05) is 42.5 Å². The van der Waals surface area contributed by atoms with Crippen molar-refractivity contribution in [3.63, 3.8) is 0 Å². The Morgan fingerprint density at radius 2 is 1.76 bits per heavy atom. The van der Waals surface area contributed by atoms with Crippen LogP contribution in [0.25, 0.3) is 22.3 Å². The second-order valence-corrected chi connectivity index (χ2v) is 12.8.